The molecule has 2 N–H and O–H groups in total. The number of carbonyl (C=O) groups is 3. The number of rotatable bonds is 6. The Kier molecular flexibility index (Phi) is 5.66. The molecule has 1 aliphatic heterocycles. The minimum atomic E-state index is -4.46. The molecule has 2 rings (SSSR count). The molecule has 1 unspecified atom stereocenters. The third-order valence-electron chi connectivity index (χ3n) is 3.84. The van der Waals surface area contributed by atoms with Crippen molar-refractivity contribution in [2.24, 2.45) is 0 Å². The number of carboxylic acids is 1. The number of halogens is 3. The van der Waals surface area contributed by atoms with Crippen LogP contribution >= 0.6 is 0 Å². The largest absolute Gasteiger partial charge is 0.478 e. The lowest BCUT2D eigenvalue weighted by Crippen LogP contribution is -2.43. The minimum Gasteiger partial charge on any atom is -0.478 e. The molecule has 2 amide bonds. The Hall–Kier alpha value is -2.58. The summed E-state index contributed by atoms with van der Waals surface area (Å²) in [7, 11) is 0. The molecular formula is C16H17F3N2O4. The molecule has 1 aliphatic rings. The van der Waals surface area contributed by atoms with E-state index < -0.39 is 36.5 Å². The molecule has 1 aromatic carbocycles. The van der Waals surface area contributed by atoms with Gasteiger partial charge in [0.1, 0.15) is 12.6 Å². The average molecular weight is 358 g/mol. The van der Waals surface area contributed by atoms with E-state index in [0.717, 1.165) is 5.56 Å². The number of carboxylic acid groups (broad SMARTS) is 1. The monoisotopic (exact) mass is 358 g/mol. The van der Waals surface area contributed by atoms with Crippen molar-refractivity contribution in [3.05, 3.63) is 35.4 Å². The summed E-state index contributed by atoms with van der Waals surface area (Å²) >= 11 is 0. The van der Waals surface area contributed by atoms with Gasteiger partial charge in [-0.05, 0) is 30.5 Å². The number of amides is 2. The lowest BCUT2D eigenvalue weighted by atomic mass is 10.1. The van der Waals surface area contributed by atoms with Crippen LogP contribution in [-0.4, -0.2) is 53.1 Å². The van der Waals surface area contributed by atoms with Gasteiger partial charge in [-0.3, -0.25) is 9.59 Å². The standard InChI is InChI=1S/C16H17F3N2O4/c17-16(18,19)9-21-8-7-12(14(21)23)20-13(22)6-3-10-1-4-11(5-2-10)15(24)25/h1-2,4-5,12H,3,6-9H2,(H,20,22)(H,24,25). The molecule has 6 nitrogen and oxygen atoms in total. The van der Waals surface area contributed by atoms with E-state index in [-0.39, 0.29) is 24.9 Å². The second kappa shape index (κ2) is 7.54. The average Bonchev–Trinajstić information content (AvgIpc) is 2.85. The highest BCUT2D eigenvalue weighted by Gasteiger charge is 2.39. The quantitative estimate of drug-likeness (QED) is 0.809. The van der Waals surface area contributed by atoms with Gasteiger partial charge in [-0.25, -0.2) is 4.79 Å². The number of benzene rings is 1. The van der Waals surface area contributed by atoms with Crippen LogP contribution in [0.25, 0.3) is 0 Å². The maximum absolute atomic E-state index is 12.3. The predicted octanol–water partition coefficient (Wildman–Crippen LogP) is 1.60. The molecule has 136 valence electrons. The minimum absolute atomic E-state index is 0.0417. The van der Waals surface area contributed by atoms with Gasteiger partial charge in [0, 0.05) is 13.0 Å². The second-order valence-corrected chi connectivity index (χ2v) is 5.79. The molecule has 0 aliphatic carbocycles. The zero-order valence-corrected chi connectivity index (χ0v) is 13.2. The van der Waals surface area contributed by atoms with Gasteiger partial charge in [0.05, 0.1) is 5.56 Å². The van der Waals surface area contributed by atoms with Crippen molar-refractivity contribution in [1.82, 2.24) is 10.2 Å². The summed E-state index contributed by atoms with van der Waals surface area (Å²) in [5, 5.41) is 11.3. The van der Waals surface area contributed by atoms with Crippen LogP contribution in [0, 0.1) is 0 Å². The second-order valence-electron chi connectivity index (χ2n) is 5.79. The molecule has 0 saturated carbocycles. The first-order valence-corrected chi connectivity index (χ1v) is 7.63. The molecule has 0 aromatic heterocycles. The van der Waals surface area contributed by atoms with Crippen molar-refractivity contribution < 1.29 is 32.7 Å². The van der Waals surface area contributed by atoms with Gasteiger partial charge in [0.25, 0.3) is 0 Å². The maximum Gasteiger partial charge on any atom is 0.406 e. The van der Waals surface area contributed by atoms with E-state index in [1.807, 2.05) is 0 Å². The fourth-order valence-corrected chi connectivity index (χ4v) is 2.58. The molecular weight excluding hydrogens is 341 g/mol. The van der Waals surface area contributed by atoms with E-state index in [4.69, 9.17) is 5.11 Å². The van der Waals surface area contributed by atoms with Gasteiger partial charge in [0.2, 0.25) is 11.8 Å². The normalized spacial score (nSPS) is 17.6. The van der Waals surface area contributed by atoms with Gasteiger partial charge in [-0.2, -0.15) is 13.2 Å². The molecule has 0 radical (unpaired) electrons. The van der Waals surface area contributed by atoms with Gasteiger partial charge >= 0.3 is 12.1 Å². The van der Waals surface area contributed by atoms with E-state index in [1.54, 1.807) is 12.1 Å². The van der Waals surface area contributed by atoms with Crippen LogP contribution in [0.5, 0.6) is 0 Å². The van der Waals surface area contributed by atoms with Crippen molar-refractivity contribution in [2.75, 3.05) is 13.1 Å². The van der Waals surface area contributed by atoms with Crippen molar-refractivity contribution >= 4 is 17.8 Å². The lowest BCUT2D eigenvalue weighted by molar-refractivity contribution is -0.158. The summed E-state index contributed by atoms with van der Waals surface area (Å²) in [5.74, 6) is -2.21. The highest BCUT2D eigenvalue weighted by molar-refractivity contribution is 5.89. The zero-order chi connectivity index (χ0) is 18.6. The number of alkyl halides is 3. The number of carbonyl (C=O) groups excluding carboxylic acids is 2. The Morgan fingerprint density at radius 3 is 2.44 bits per heavy atom. The van der Waals surface area contributed by atoms with Crippen LogP contribution in [0.4, 0.5) is 13.2 Å². The van der Waals surface area contributed by atoms with E-state index in [2.05, 4.69) is 5.32 Å². The number of nitrogens with zero attached hydrogens (tertiary/aromatic N) is 1. The highest BCUT2D eigenvalue weighted by Crippen LogP contribution is 2.21. The van der Waals surface area contributed by atoms with E-state index in [1.165, 1.54) is 12.1 Å². The van der Waals surface area contributed by atoms with Gasteiger partial charge in [-0.15, -0.1) is 0 Å². The molecule has 9 heteroatoms. The molecule has 1 saturated heterocycles. The molecule has 1 fully saturated rings. The van der Waals surface area contributed by atoms with Crippen LogP contribution in [0.3, 0.4) is 0 Å². The summed E-state index contributed by atoms with van der Waals surface area (Å²) in [4.78, 5) is 35.2. The predicted molar refractivity (Wildman–Crippen MR) is 80.9 cm³/mol. The Morgan fingerprint density at radius 2 is 1.88 bits per heavy atom. The molecule has 1 atom stereocenters. The number of hydrogen-bond acceptors (Lipinski definition) is 3. The van der Waals surface area contributed by atoms with Gasteiger partial charge in [-0.1, -0.05) is 12.1 Å². The topological polar surface area (TPSA) is 86.7 Å². The fraction of sp³-hybridized carbons (Fsp3) is 0.438. The Balaban J connectivity index is 1.80. The number of likely N-dealkylation sites (tertiary alicyclic amines) is 1. The van der Waals surface area contributed by atoms with Crippen molar-refractivity contribution in [1.29, 1.82) is 0 Å². The van der Waals surface area contributed by atoms with Crippen LogP contribution < -0.4 is 5.32 Å². The highest BCUT2D eigenvalue weighted by atomic mass is 19.4. The summed E-state index contributed by atoms with van der Waals surface area (Å²) in [6.45, 7) is -1.35. The van der Waals surface area contributed by atoms with E-state index in [9.17, 15) is 27.6 Å². The van der Waals surface area contributed by atoms with Crippen molar-refractivity contribution in [2.45, 2.75) is 31.5 Å². The Morgan fingerprint density at radius 1 is 1.24 bits per heavy atom. The number of aryl methyl sites for hydroxylation is 1. The van der Waals surface area contributed by atoms with E-state index in [0.29, 0.717) is 11.3 Å². The molecule has 1 aromatic rings. The molecule has 25 heavy (non-hydrogen) atoms. The third kappa shape index (κ3) is 5.47. The van der Waals surface area contributed by atoms with Crippen LogP contribution in [0.2, 0.25) is 0 Å². The first kappa shape index (κ1) is 18.8. The van der Waals surface area contributed by atoms with Crippen LogP contribution in [0.1, 0.15) is 28.8 Å². The Bertz CT molecular complexity index is 658. The van der Waals surface area contributed by atoms with Gasteiger partial charge in [0.15, 0.2) is 0 Å². The number of aromatic carboxylic acids is 1. The third-order valence-corrected chi connectivity index (χ3v) is 3.84. The zero-order valence-electron chi connectivity index (χ0n) is 13.2. The smallest absolute Gasteiger partial charge is 0.406 e. The molecule has 1 heterocycles. The van der Waals surface area contributed by atoms with Crippen molar-refractivity contribution in [3.8, 4) is 0 Å². The van der Waals surface area contributed by atoms with Gasteiger partial charge < -0.3 is 15.3 Å². The summed E-state index contributed by atoms with van der Waals surface area (Å²) in [5.41, 5.74) is 0.881. The maximum atomic E-state index is 12.3. The first-order chi connectivity index (χ1) is 11.7. The lowest BCUT2D eigenvalue weighted by Gasteiger charge is -2.18. The number of nitrogens with one attached hydrogen (secondary N) is 1. The van der Waals surface area contributed by atoms with Crippen LogP contribution in [-0.2, 0) is 16.0 Å². The first-order valence-electron chi connectivity index (χ1n) is 7.63. The fourth-order valence-electron chi connectivity index (χ4n) is 2.58. The van der Waals surface area contributed by atoms with Crippen molar-refractivity contribution in [3.63, 3.8) is 0 Å². The summed E-state index contributed by atoms with van der Waals surface area (Å²) in [6, 6.07) is 5.09. The summed E-state index contributed by atoms with van der Waals surface area (Å²) in [6.07, 6.45) is -3.93. The molecule has 0 spiro atoms. The van der Waals surface area contributed by atoms with Crippen LogP contribution in [0.15, 0.2) is 24.3 Å². The molecule has 0 bridgehead atoms. The Labute approximate surface area is 141 Å². The summed E-state index contributed by atoms with van der Waals surface area (Å²) < 4.78 is 37.0. The SMILES string of the molecule is O=C(CCc1ccc(C(=O)O)cc1)NC1CCN(CC(F)(F)F)C1=O. The van der Waals surface area contributed by atoms with E-state index >= 15 is 0 Å². The number of hydrogen-bond donors (Lipinski definition) is 2.